The van der Waals surface area contributed by atoms with Gasteiger partial charge in [0.25, 0.3) is 5.95 Å². The summed E-state index contributed by atoms with van der Waals surface area (Å²) in [5, 5.41) is 16.1. The van der Waals surface area contributed by atoms with Crippen LogP contribution >= 0.6 is 11.6 Å². The smallest absolute Gasteiger partial charge is 0.263 e. The van der Waals surface area contributed by atoms with E-state index < -0.39 is 0 Å². The zero-order valence-electron chi connectivity index (χ0n) is 15.4. The molecular formula is C19H22ClN5O2. The van der Waals surface area contributed by atoms with Crippen molar-refractivity contribution in [3.8, 4) is 11.5 Å². The molecule has 0 aliphatic carbocycles. The largest absolute Gasteiger partial charge is 0.493 e. The molecule has 7 nitrogen and oxygen atoms in total. The zero-order chi connectivity index (χ0) is 19.1. The number of hydrogen-bond donors (Lipinski definition) is 1. The Balaban J connectivity index is 1.60. The molecule has 2 aromatic carbocycles. The molecule has 0 atom stereocenters. The first-order valence-corrected chi connectivity index (χ1v) is 9.11. The van der Waals surface area contributed by atoms with Crippen molar-refractivity contribution in [2.75, 3.05) is 12.4 Å². The summed E-state index contributed by atoms with van der Waals surface area (Å²) in [6, 6.07) is 13.4. The third-order valence-corrected chi connectivity index (χ3v) is 4.11. The van der Waals surface area contributed by atoms with Gasteiger partial charge in [-0.05, 0) is 47.0 Å². The van der Waals surface area contributed by atoms with Crippen LogP contribution in [0.3, 0.4) is 0 Å². The number of aryl methyl sites for hydroxylation is 1. The molecule has 0 saturated carbocycles. The molecule has 142 valence electrons. The molecule has 0 fully saturated rings. The average molecular weight is 388 g/mol. The van der Waals surface area contributed by atoms with Gasteiger partial charge in [-0.1, -0.05) is 41.8 Å². The topological polar surface area (TPSA) is 74.1 Å². The van der Waals surface area contributed by atoms with Crippen LogP contribution in [0.4, 0.5) is 5.95 Å². The highest BCUT2D eigenvalue weighted by atomic mass is 35.5. The Bertz CT molecular complexity index is 867. The fraction of sp³-hybridized carbons (Fsp3) is 0.316. The molecule has 0 aliphatic heterocycles. The zero-order valence-corrected chi connectivity index (χ0v) is 16.1. The van der Waals surface area contributed by atoms with E-state index in [1.54, 1.807) is 11.9 Å². The van der Waals surface area contributed by atoms with Gasteiger partial charge in [0.1, 0.15) is 6.61 Å². The Morgan fingerprint density at radius 3 is 2.59 bits per heavy atom. The SMILES string of the molecule is CCCn1nnc(NCc2ccc(OCc3ccc(Cl)cc3)c(OC)c2)n1. The molecule has 1 N–H and O–H groups in total. The first-order valence-electron chi connectivity index (χ1n) is 8.73. The van der Waals surface area contributed by atoms with Crippen molar-refractivity contribution in [3.05, 3.63) is 58.6 Å². The van der Waals surface area contributed by atoms with Crippen LogP contribution < -0.4 is 14.8 Å². The minimum Gasteiger partial charge on any atom is -0.493 e. The number of aromatic nitrogens is 4. The van der Waals surface area contributed by atoms with Crippen LogP contribution in [0.15, 0.2) is 42.5 Å². The number of tetrazole rings is 1. The van der Waals surface area contributed by atoms with E-state index in [0.29, 0.717) is 35.6 Å². The lowest BCUT2D eigenvalue weighted by atomic mass is 10.2. The number of hydrogen-bond acceptors (Lipinski definition) is 6. The Hall–Kier alpha value is -2.80. The van der Waals surface area contributed by atoms with Crippen LogP contribution in [0.5, 0.6) is 11.5 Å². The van der Waals surface area contributed by atoms with E-state index in [2.05, 4.69) is 27.7 Å². The number of ether oxygens (including phenoxy) is 2. The Labute approximate surface area is 163 Å². The van der Waals surface area contributed by atoms with Crippen molar-refractivity contribution in [2.45, 2.75) is 33.0 Å². The van der Waals surface area contributed by atoms with E-state index >= 15 is 0 Å². The van der Waals surface area contributed by atoms with Crippen molar-refractivity contribution in [3.63, 3.8) is 0 Å². The Morgan fingerprint density at radius 2 is 1.85 bits per heavy atom. The highest BCUT2D eigenvalue weighted by Gasteiger charge is 2.08. The standard InChI is InChI=1S/C19H22ClN5O2/c1-3-10-25-23-19(22-24-25)21-12-15-6-9-17(18(11-15)26-2)27-13-14-4-7-16(20)8-5-14/h4-9,11H,3,10,12-13H2,1-2H3,(H,21,23). The quantitative estimate of drug-likeness (QED) is 0.599. The van der Waals surface area contributed by atoms with E-state index in [0.717, 1.165) is 24.1 Å². The number of nitrogens with zero attached hydrogens (tertiary/aromatic N) is 4. The van der Waals surface area contributed by atoms with Crippen molar-refractivity contribution in [1.82, 2.24) is 20.2 Å². The molecule has 3 aromatic rings. The molecule has 1 aromatic heterocycles. The maximum atomic E-state index is 5.90. The van der Waals surface area contributed by atoms with Crippen molar-refractivity contribution < 1.29 is 9.47 Å². The van der Waals surface area contributed by atoms with Gasteiger partial charge in [-0.15, -0.1) is 5.10 Å². The number of methoxy groups -OCH3 is 1. The minimum absolute atomic E-state index is 0.440. The molecule has 27 heavy (non-hydrogen) atoms. The van der Waals surface area contributed by atoms with Gasteiger partial charge in [-0.3, -0.25) is 0 Å². The van der Waals surface area contributed by atoms with Gasteiger partial charge in [0.2, 0.25) is 0 Å². The second-order valence-electron chi connectivity index (χ2n) is 5.96. The summed E-state index contributed by atoms with van der Waals surface area (Å²) in [5.74, 6) is 1.86. The molecule has 1 heterocycles. The maximum absolute atomic E-state index is 5.90. The van der Waals surface area contributed by atoms with Gasteiger partial charge in [-0.2, -0.15) is 4.80 Å². The van der Waals surface area contributed by atoms with Gasteiger partial charge < -0.3 is 14.8 Å². The van der Waals surface area contributed by atoms with Crippen LogP contribution in [0.1, 0.15) is 24.5 Å². The van der Waals surface area contributed by atoms with Gasteiger partial charge in [-0.25, -0.2) is 0 Å². The lowest BCUT2D eigenvalue weighted by molar-refractivity contribution is 0.284. The van der Waals surface area contributed by atoms with Crippen molar-refractivity contribution >= 4 is 17.5 Å². The average Bonchev–Trinajstić information content (AvgIpc) is 3.14. The number of halogens is 1. The molecule has 3 rings (SSSR count). The number of anilines is 1. The first kappa shape index (κ1) is 19.0. The van der Waals surface area contributed by atoms with E-state index in [1.807, 2.05) is 42.5 Å². The van der Waals surface area contributed by atoms with Gasteiger partial charge in [0.15, 0.2) is 11.5 Å². The normalized spacial score (nSPS) is 10.6. The summed E-state index contributed by atoms with van der Waals surface area (Å²) >= 11 is 5.90. The third-order valence-electron chi connectivity index (χ3n) is 3.86. The molecule has 0 amide bonds. The van der Waals surface area contributed by atoms with E-state index in [9.17, 15) is 0 Å². The summed E-state index contributed by atoms with van der Waals surface area (Å²) in [6.07, 6.45) is 0.963. The van der Waals surface area contributed by atoms with Gasteiger partial charge in [0, 0.05) is 11.6 Å². The second kappa shape index (κ2) is 9.23. The minimum atomic E-state index is 0.440. The molecular weight excluding hydrogens is 366 g/mol. The lowest BCUT2D eigenvalue weighted by Crippen LogP contribution is -2.04. The van der Waals surface area contributed by atoms with E-state index in [4.69, 9.17) is 21.1 Å². The molecule has 0 radical (unpaired) electrons. The summed E-state index contributed by atoms with van der Waals surface area (Å²) in [5.41, 5.74) is 2.06. The highest BCUT2D eigenvalue weighted by molar-refractivity contribution is 6.30. The fourth-order valence-electron chi connectivity index (χ4n) is 2.47. The van der Waals surface area contributed by atoms with Crippen LogP contribution in [-0.4, -0.2) is 27.3 Å². The number of nitrogens with one attached hydrogen (secondary N) is 1. The van der Waals surface area contributed by atoms with Crippen LogP contribution in [0.25, 0.3) is 0 Å². The number of rotatable bonds is 9. The molecule has 0 saturated heterocycles. The highest BCUT2D eigenvalue weighted by Crippen LogP contribution is 2.29. The van der Waals surface area contributed by atoms with Crippen molar-refractivity contribution in [1.29, 1.82) is 0 Å². The van der Waals surface area contributed by atoms with Crippen LogP contribution in [0, 0.1) is 0 Å². The van der Waals surface area contributed by atoms with Crippen LogP contribution in [0.2, 0.25) is 5.02 Å². The predicted molar refractivity (Wildman–Crippen MR) is 104 cm³/mol. The fourth-order valence-corrected chi connectivity index (χ4v) is 2.60. The molecule has 8 heteroatoms. The monoisotopic (exact) mass is 387 g/mol. The summed E-state index contributed by atoms with van der Waals surface area (Å²) in [4.78, 5) is 1.58. The second-order valence-corrected chi connectivity index (χ2v) is 6.40. The first-order chi connectivity index (χ1) is 13.2. The third kappa shape index (κ3) is 5.34. The molecule has 0 aliphatic rings. The maximum Gasteiger partial charge on any atom is 0.263 e. The lowest BCUT2D eigenvalue weighted by Gasteiger charge is -2.12. The van der Waals surface area contributed by atoms with Crippen molar-refractivity contribution in [2.24, 2.45) is 0 Å². The summed E-state index contributed by atoms with van der Waals surface area (Å²) < 4.78 is 11.3. The Morgan fingerprint density at radius 1 is 1.07 bits per heavy atom. The Kier molecular flexibility index (Phi) is 6.49. The van der Waals surface area contributed by atoms with Gasteiger partial charge >= 0.3 is 0 Å². The number of benzene rings is 2. The van der Waals surface area contributed by atoms with E-state index in [-0.39, 0.29) is 0 Å². The summed E-state index contributed by atoms with van der Waals surface area (Å²) in [7, 11) is 1.62. The predicted octanol–water partition coefficient (Wildman–Crippen LogP) is 3.94. The molecule has 0 bridgehead atoms. The molecule has 0 spiro atoms. The molecule has 0 unspecified atom stereocenters. The van der Waals surface area contributed by atoms with E-state index in [1.165, 1.54) is 0 Å². The van der Waals surface area contributed by atoms with Gasteiger partial charge in [0.05, 0.1) is 13.7 Å². The van der Waals surface area contributed by atoms with Crippen LogP contribution in [-0.2, 0) is 19.7 Å². The summed E-state index contributed by atoms with van der Waals surface area (Å²) in [6.45, 7) is 3.82.